The van der Waals surface area contributed by atoms with Crippen LogP contribution in [0.4, 0.5) is 4.79 Å². The maximum absolute atomic E-state index is 12.4. The van der Waals surface area contributed by atoms with E-state index in [-0.39, 0.29) is 23.3 Å². The SMILES string of the molecule is Cc1cc2c(cc1C#CCNC(=O)OCC1c3ccccc3-c3ccccc31)C(C)(C)CCC2(C)C. The molecule has 0 fully saturated rings. The van der Waals surface area contributed by atoms with Crippen molar-refractivity contribution in [1.29, 1.82) is 0 Å². The maximum atomic E-state index is 12.4. The van der Waals surface area contributed by atoms with Gasteiger partial charge < -0.3 is 10.1 Å². The molecule has 0 atom stereocenters. The van der Waals surface area contributed by atoms with Crippen molar-refractivity contribution >= 4 is 6.09 Å². The third-order valence-corrected chi connectivity index (χ3v) is 8.09. The second-order valence-electron chi connectivity index (χ2n) is 11.5. The molecular formula is C33H35NO2. The van der Waals surface area contributed by atoms with E-state index in [0.29, 0.717) is 6.61 Å². The Bertz CT molecular complexity index is 1340. The average Bonchev–Trinajstić information content (AvgIpc) is 3.18. The molecule has 1 amide bonds. The minimum Gasteiger partial charge on any atom is -0.449 e. The van der Waals surface area contributed by atoms with E-state index >= 15 is 0 Å². The highest BCUT2D eigenvalue weighted by Crippen LogP contribution is 2.47. The fraction of sp³-hybridized carbons (Fsp3) is 0.364. The predicted octanol–water partition coefficient (Wildman–Crippen LogP) is 7.23. The van der Waals surface area contributed by atoms with Gasteiger partial charge in [0.2, 0.25) is 0 Å². The molecule has 3 aromatic rings. The Labute approximate surface area is 215 Å². The lowest BCUT2D eigenvalue weighted by Crippen LogP contribution is -2.34. The molecule has 3 heteroatoms. The van der Waals surface area contributed by atoms with Gasteiger partial charge in [-0.05, 0) is 75.6 Å². The number of ether oxygens (including phenoxy) is 1. The summed E-state index contributed by atoms with van der Waals surface area (Å²) in [6.45, 7) is 12.0. The summed E-state index contributed by atoms with van der Waals surface area (Å²) in [6, 6.07) is 21.3. The molecule has 0 heterocycles. The molecule has 3 nitrogen and oxygen atoms in total. The Morgan fingerprint density at radius 1 is 0.917 bits per heavy atom. The van der Waals surface area contributed by atoms with Crippen LogP contribution in [0.1, 0.15) is 79.8 Å². The van der Waals surface area contributed by atoms with Crippen molar-refractivity contribution in [2.24, 2.45) is 0 Å². The Kier molecular flexibility index (Phi) is 6.17. The molecule has 3 aromatic carbocycles. The smallest absolute Gasteiger partial charge is 0.407 e. The highest BCUT2D eigenvalue weighted by Gasteiger charge is 2.37. The highest BCUT2D eigenvalue weighted by atomic mass is 16.5. The largest absolute Gasteiger partial charge is 0.449 e. The summed E-state index contributed by atoms with van der Waals surface area (Å²) in [5.41, 5.74) is 10.3. The highest BCUT2D eigenvalue weighted by molar-refractivity contribution is 5.79. The van der Waals surface area contributed by atoms with E-state index < -0.39 is 6.09 Å². The molecule has 0 saturated carbocycles. The number of rotatable bonds is 3. The standard InChI is InChI=1S/C33H35NO2/c1-22-19-29-30(33(4,5)17-16-32(29,2)3)20-23(22)11-10-18-34-31(35)36-21-28-26-14-8-6-12-24(26)25-13-7-9-15-27(25)28/h6-9,12-15,19-20,28H,16-18,21H2,1-5H3,(H,34,35). The van der Waals surface area contributed by atoms with Crippen LogP contribution in [0.2, 0.25) is 0 Å². The number of benzene rings is 3. The van der Waals surface area contributed by atoms with Crippen LogP contribution in [0.25, 0.3) is 11.1 Å². The Morgan fingerprint density at radius 3 is 2.08 bits per heavy atom. The summed E-state index contributed by atoms with van der Waals surface area (Å²) >= 11 is 0. The number of amides is 1. The van der Waals surface area contributed by atoms with Gasteiger partial charge in [-0.15, -0.1) is 0 Å². The van der Waals surface area contributed by atoms with E-state index in [1.807, 2.05) is 12.1 Å². The normalized spacial score (nSPS) is 16.7. The predicted molar refractivity (Wildman–Crippen MR) is 146 cm³/mol. The second kappa shape index (κ2) is 9.17. The van der Waals surface area contributed by atoms with E-state index in [2.05, 4.69) is 100 Å². The van der Waals surface area contributed by atoms with E-state index in [4.69, 9.17) is 4.74 Å². The molecule has 0 aliphatic heterocycles. The van der Waals surface area contributed by atoms with Crippen LogP contribution < -0.4 is 5.32 Å². The van der Waals surface area contributed by atoms with Crippen LogP contribution in [0.3, 0.4) is 0 Å². The zero-order chi connectivity index (χ0) is 25.5. The molecule has 0 bridgehead atoms. The van der Waals surface area contributed by atoms with Gasteiger partial charge in [0, 0.05) is 11.5 Å². The maximum Gasteiger partial charge on any atom is 0.407 e. The summed E-state index contributed by atoms with van der Waals surface area (Å²) in [5, 5.41) is 2.80. The average molecular weight is 478 g/mol. The number of carbonyl (C=O) groups is 1. The van der Waals surface area contributed by atoms with E-state index in [1.165, 1.54) is 51.8 Å². The van der Waals surface area contributed by atoms with Crippen LogP contribution >= 0.6 is 0 Å². The van der Waals surface area contributed by atoms with Gasteiger partial charge >= 0.3 is 6.09 Å². The lowest BCUT2D eigenvalue weighted by molar-refractivity contribution is 0.144. The number of nitrogens with one attached hydrogen (secondary N) is 1. The second-order valence-corrected chi connectivity index (χ2v) is 11.5. The summed E-state index contributed by atoms with van der Waals surface area (Å²) in [6.07, 6.45) is 1.93. The van der Waals surface area contributed by atoms with Gasteiger partial charge in [0.25, 0.3) is 0 Å². The van der Waals surface area contributed by atoms with Gasteiger partial charge in [-0.2, -0.15) is 0 Å². The molecule has 36 heavy (non-hydrogen) atoms. The summed E-state index contributed by atoms with van der Waals surface area (Å²) < 4.78 is 5.62. The lowest BCUT2D eigenvalue weighted by atomic mass is 9.62. The number of hydrogen-bond donors (Lipinski definition) is 1. The molecule has 5 rings (SSSR count). The lowest BCUT2D eigenvalue weighted by Gasteiger charge is -2.42. The van der Waals surface area contributed by atoms with Crippen molar-refractivity contribution in [3.05, 3.63) is 94.0 Å². The molecule has 0 spiro atoms. The fourth-order valence-electron chi connectivity index (χ4n) is 5.76. The first-order valence-electron chi connectivity index (χ1n) is 12.9. The number of hydrogen-bond acceptors (Lipinski definition) is 2. The third-order valence-electron chi connectivity index (χ3n) is 8.09. The van der Waals surface area contributed by atoms with Gasteiger partial charge in [-0.3, -0.25) is 0 Å². The zero-order valence-corrected chi connectivity index (χ0v) is 22.0. The van der Waals surface area contributed by atoms with Crippen LogP contribution in [-0.2, 0) is 15.6 Å². The van der Waals surface area contributed by atoms with E-state index in [1.54, 1.807) is 0 Å². The zero-order valence-electron chi connectivity index (χ0n) is 22.0. The monoisotopic (exact) mass is 477 g/mol. The molecule has 2 aliphatic rings. The number of fused-ring (bicyclic) bond motifs is 4. The number of alkyl carbamates (subject to hydrolysis) is 1. The molecular weight excluding hydrogens is 442 g/mol. The molecule has 0 unspecified atom stereocenters. The van der Waals surface area contributed by atoms with Gasteiger partial charge in [0.15, 0.2) is 0 Å². The minimum atomic E-state index is -0.434. The van der Waals surface area contributed by atoms with Gasteiger partial charge in [-0.25, -0.2) is 4.79 Å². The first kappa shape index (κ1) is 24.2. The van der Waals surface area contributed by atoms with Crippen LogP contribution in [0.5, 0.6) is 0 Å². The van der Waals surface area contributed by atoms with Crippen LogP contribution in [0, 0.1) is 18.8 Å². The summed E-state index contributed by atoms with van der Waals surface area (Å²) in [7, 11) is 0. The molecule has 2 aliphatic carbocycles. The van der Waals surface area contributed by atoms with Crippen molar-refractivity contribution in [1.82, 2.24) is 5.32 Å². The summed E-state index contributed by atoms with van der Waals surface area (Å²) in [4.78, 5) is 12.4. The molecule has 0 saturated heterocycles. The number of carbonyl (C=O) groups excluding carboxylic acids is 1. The Hall–Kier alpha value is -3.51. The van der Waals surface area contributed by atoms with Crippen molar-refractivity contribution in [3.8, 4) is 23.0 Å². The summed E-state index contributed by atoms with van der Waals surface area (Å²) in [5.74, 6) is 6.47. The minimum absolute atomic E-state index is 0.0555. The van der Waals surface area contributed by atoms with Crippen molar-refractivity contribution < 1.29 is 9.53 Å². The van der Waals surface area contributed by atoms with Crippen LogP contribution in [-0.4, -0.2) is 19.2 Å². The molecule has 0 aromatic heterocycles. The van der Waals surface area contributed by atoms with Gasteiger partial charge in [-0.1, -0.05) is 94.1 Å². The van der Waals surface area contributed by atoms with Crippen molar-refractivity contribution in [3.63, 3.8) is 0 Å². The van der Waals surface area contributed by atoms with E-state index in [0.717, 1.165) is 5.56 Å². The topological polar surface area (TPSA) is 38.3 Å². The first-order valence-corrected chi connectivity index (χ1v) is 12.9. The fourth-order valence-corrected chi connectivity index (χ4v) is 5.76. The molecule has 184 valence electrons. The quantitative estimate of drug-likeness (QED) is 0.404. The first-order chi connectivity index (χ1) is 17.2. The van der Waals surface area contributed by atoms with E-state index in [9.17, 15) is 4.79 Å². The van der Waals surface area contributed by atoms with Crippen LogP contribution in [0.15, 0.2) is 60.7 Å². The number of aryl methyl sites for hydroxylation is 1. The molecule has 1 N–H and O–H groups in total. The van der Waals surface area contributed by atoms with Gasteiger partial charge in [0.05, 0.1) is 6.54 Å². The van der Waals surface area contributed by atoms with Gasteiger partial charge in [0.1, 0.15) is 6.61 Å². The Balaban J connectivity index is 1.23. The van der Waals surface area contributed by atoms with Crippen molar-refractivity contribution in [2.45, 2.75) is 64.2 Å². The third kappa shape index (κ3) is 4.42. The Morgan fingerprint density at radius 2 is 1.47 bits per heavy atom. The molecule has 0 radical (unpaired) electrons. The van der Waals surface area contributed by atoms with Crippen molar-refractivity contribution in [2.75, 3.05) is 13.2 Å².